The predicted octanol–water partition coefficient (Wildman–Crippen LogP) is 4.71. The van der Waals surface area contributed by atoms with Crippen molar-refractivity contribution < 1.29 is 17.9 Å². The van der Waals surface area contributed by atoms with Crippen molar-refractivity contribution in [1.82, 2.24) is 0 Å². The van der Waals surface area contributed by atoms with Crippen LogP contribution in [0.15, 0.2) is 18.2 Å². The van der Waals surface area contributed by atoms with Gasteiger partial charge in [-0.2, -0.15) is 13.2 Å². The smallest absolute Gasteiger partial charge is 0.372 e. The van der Waals surface area contributed by atoms with Gasteiger partial charge in [0.2, 0.25) is 0 Å². The molecule has 0 spiro atoms. The minimum atomic E-state index is -4.25. The maximum Gasteiger partial charge on any atom is 0.411 e. The Kier molecular flexibility index (Phi) is 5.66. The van der Waals surface area contributed by atoms with Crippen LogP contribution in [0, 0.1) is 13.8 Å². The zero-order valence-corrected chi connectivity index (χ0v) is 11.9. The normalized spacial score (nSPS) is 13.7. The second-order valence-electron chi connectivity index (χ2n) is 4.27. The van der Waals surface area contributed by atoms with Gasteiger partial charge >= 0.3 is 6.18 Å². The molecule has 5 heteroatoms. The van der Waals surface area contributed by atoms with Gasteiger partial charge in [0.15, 0.2) is 0 Å². The zero-order chi connectivity index (χ0) is 13.8. The first-order valence-electron chi connectivity index (χ1n) is 5.65. The lowest BCUT2D eigenvalue weighted by molar-refractivity contribution is -0.174. The van der Waals surface area contributed by atoms with Crippen molar-refractivity contribution in [2.45, 2.75) is 31.3 Å². The van der Waals surface area contributed by atoms with E-state index in [0.717, 1.165) is 5.56 Å². The molecule has 1 atom stereocenters. The van der Waals surface area contributed by atoms with Crippen LogP contribution in [-0.2, 0) is 4.74 Å². The van der Waals surface area contributed by atoms with Crippen molar-refractivity contribution in [3.8, 4) is 0 Å². The van der Waals surface area contributed by atoms with Gasteiger partial charge in [-0.05, 0) is 37.0 Å². The van der Waals surface area contributed by atoms with Crippen LogP contribution in [0.25, 0.3) is 0 Å². The SMILES string of the molecule is Cc1ccc(C(Br)CCOCC(F)(F)F)cc1C. The van der Waals surface area contributed by atoms with E-state index >= 15 is 0 Å². The fourth-order valence-corrected chi connectivity index (χ4v) is 1.97. The molecule has 0 N–H and O–H groups in total. The molecule has 0 aliphatic heterocycles. The Morgan fingerprint density at radius 2 is 1.89 bits per heavy atom. The molecule has 18 heavy (non-hydrogen) atoms. The average molecular weight is 325 g/mol. The van der Waals surface area contributed by atoms with Gasteiger partial charge in [-0.15, -0.1) is 0 Å². The number of aryl methyl sites for hydroxylation is 2. The maximum absolute atomic E-state index is 11.9. The topological polar surface area (TPSA) is 9.23 Å². The number of rotatable bonds is 5. The minimum absolute atomic E-state index is 0.0185. The van der Waals surface area contributed by atoms with Crippen molar-refractivity contribution in [2.75, 3.05) is 13.2 Å². The number of halogens is 4. The highest BCUT2D eigenvalue weighted by Crippen LogP contribution is 2.28. The highest BCUT2D eigenvalue weighted by atomic mass is 79.9. The van der Waals surface area contributed by atoms with Crippen LogP contribution in [0.5, 0.6) is 0 Å². The van der Waals surface area contributed by atoms with Crippen LogP contribution in [0.4, 0.5) is 13.2 Å². The van der Waals surface area contributed by atoms with Gasteiger partial charge in [0.25, 0.3) is 0 Å². The Morgan fingerprint density at radius 3 is 2.44 bits per heavy atom. The van der Waals surface area contributed by atoms with Crippen molar-refractivity contribution in [3.63, 3.8) is 0 Å². The van der Waals surface area contributed by atoms with Crippen LogP contribution >= 0.6 is 15.9 Å². The highest BCUT2D eigenvalue weighted by molar-refractivity contribution is 9.09. The second-order valence-corrected chi connectivity index (χ2v) is 5.37. The van der Waals surface area contributed by atoms with Gasteiger partial charge < -0.3 is 4.74 Å². The Labute approximate surface area is 113 Å². The summed E-state index contributed by atoms with van der Waals surface area (Å²) in [7, 11) is 0. The van der Waals surface area contributed by atoms with Crippen LogP contribution in [0.3, 0.4) is 0 Å². The first kappa shape index (κ1) is 15.5. The summed E-state index contributed by atoms with van der Waals surface area (Å²) in [5.74, 6) is 0. The predicted molar refractivity (Wildman–Crippen MR) is 69.1 cm³/mol. The van der Waals surface area contributed by atoms with Gasteiger partial charge in [0, 0.05) is 11.4 Å². The molecule has 0 aliphatic carbocycles. The maximum atomic E-state index is 11.9. The van der Waals surface area contributed by atoms with Gasteiger partial charge in [0.1, 0.15) is 6.61 Å². The van der Waals surface area contributed by atoms with Crippen molar-refractivity contribution >= 4 is 15.9 Å². The summed E-state index contributed by atoms with van der Waals surface area (Å²) < 4.78 is 40.2. The molecule has 0 bridgehead atoms. The Balaban J connectivity index is 2.41. The first-order chi connectivity index (χ1) is 8.29. The van der Waals surface area contributed by atoms with E-state index in [0.29, 0.717) is 6.42 Å². The molecule has 0 aliphatic rings. The molecule has 1 aromatic carbocycles. The van der Waals surface area contributed by atoms with Crippen LogP contribution in [-0.4, -0.2) is 19.4 Å². The fourth-order valence-electron chi connectivity index (χ4n) is 1.50. The molecule has 1 nitrogen and oxygen atoms in total. The van der Waals surface area contributed by atoms with Gasteiger partial charge in [-0.1, -0.05) is 34.1 Å². The van der Waals surface area contributed by atoms with E-state index in [4.69, 9.17) is 0 Å². The van der Waals surface area contributed by atoms with Crippen LogP contribution < -0.4 is 0 Å². The summed E-state index contributed by atoms with van der Waals surface area (Å²) in [4.78, 5) is 0.0185. The van der Waals surface area contributed by atoms with E-state index in [1.807, 2.05) is 32.0 Å². The highest BCUT2D eigenvalue weighted by Gasteiger charge is 2.27. The van der Waals surface area contributed by atoms with Crippen LogP contribution in [0.1, 0.15) is 27.9 Å². The van der Waals surface area contributed by atoms with E-state index in [1.165, 1.54) is 11.1 Å². The summed E-state index contributed by atoms with van der Waals surface area (Å²) in [6, 6.07) is 6.03. The van der Waals surface area contributed by atoms with Crippen molar-refractivity contribution in [1.29, 1.82) is 0 Å². The second kappa shape index (κ2) is 6.57. The summed E-state index contributed by atoms with van der Waals surface area (Å²) in [5.41, 5.74) is 3.44. The summed E-state index contributed by atoms with van der Waals surface area (Å²) >= 11 is 3.46. The molecule has 102 valence electrons. The summed E-state index contributed by atoms with van der Waals surface area (Å²) in [6.45, 7) is 2.94. The molecule has 0 amide bonds. The molecule has 1 rings (SSSR count). The quantitative estimate of drug-likeness (QED) is 0.563. The molecule has 0 saturated heterocycles. The third-order valence-corrected chi connectivity index (χ3v) is 3.66. The molecular formula is C13H16BrF3O. The molecule has 0 radical (unpaired) electrons. The Morgan fingerprint density at radius 1 is 1.22 bits per heavy atom. The largest absolute Gasteiger partial charge is 0.411 e. The number of ether oxygens (including phenoxy) is 1. The molecule has 1 unspecified atom stereocenters. The van der Waals surface area contributed by atoms with E-state index in [2.05, 4.69) is 20.7 Å². The Hall–Kier alpha value is -0.550. The molecular weight excluding hydrogens is 309 g/mol. The number of alkyl halides is 4. The first-order valence-corrected chi connectivity index (χ1v) is 6.57. The van der Waals surface area contributed by atoms with Gasteiger partial charge in [-0.25, -0.2) is 0 Å². The molecule has 0 heterocycles. The van der Waals surface area contributed by atoms with Crippen molar-refractivity contribution in [2.24, 2.45) is 0 Å². The monoisotopic (exact) mass is 324 g/mol. The zero-order valence-electron chi connectivity index (χ0n) is 10.4. The fraction of sp³-hybridized carbons (Fsp3) is 0.538. The lowest BCUT2D eigenvalue weighted by Crippen LogP contribution is -2.17. The van der Waals surface area contributed by atoms with Gasteiger partial charge in [-0.3, -0.25) is 0 Å². The van der Waals surface area contributed by atoms with E-state index in [1.54, 1.807) is 0 Å². The number of hydrogen-bond donors (Lipinski definition) is 0. The lowest BCUT2D eigenvalue weighted by Gasteiger charge is -2.13. The molecule has 0 fully saturated rings. The Bertz CT molecular complexity index is 390. The van der Waals surface area contributed by atoms with Gasteiger partial charge in [0.05, 0.1) is 0 Å². The molecule has 1 aromatic rings. The molecule has 0 aromatic heterocycles. The molecule has 0 saturated carbocycles. The third kappa shape index (κ3) is 5.40. The van der Waals surface area contributed by atoms with E-state index in [9.17, 15) is 13.2 Å². The third-order valence-electron chi connectivity index (χ3n) is 2.67. The van der Waals surface area contributed by atoms with Crippen LogP contribution in [0.2, 0.25) is 0 Å². The van der Waals surface area contributed by atoms with E-state index < -0.39 is 12.8 Å². The minimum Gasteiger partial charge on any atom is -0.372 e. The lowest BCUT2D eigenvalue weighted by atomic mass is 10.0. The number of benzene rings is 1. The van der Waals surface area contributed by atoms with Crippen molar-refractivity contribution in [3.05, 3.63) is 34.9 Å². The number of hydrogen-bond acceptors (Lipinski definition) is 1. The standard InChI is InChI=1S/C13H16BrF3O/c1-9-3-4-11(7-10(9)2)12(14)5-6-18-8-13(15,16)17/h3-4,7,12H,5-6,8H2,1-2H3. The van der Waals surface area contributed by atoms with E-state index in [-0.39, 0.29) is 11.4 Å². The summed E-state index contributed by atoms with van der Waals surface area (Å²) in [6.07, 6.45) is -3.74. The average Bonchev–Trinajstić information content (AvgIpc) is 2.26. The summed E-state index contributed by atoms with van der Waals surface area (Å²) in [5, 5.41) is 0.